The van der Waals surface area contributed by atoms with Gasteiger partial charge in [-0.2, -0.15) is 0 Å². The zero-order valence-electron chi connectivity index (χ0n) is 15.5. The summed E-state index contributed by atoms with van der Waals surface area (Å²) < 4.78 is 10.6. The van der Waals surface area contributed by atoms with Crippen molar-refractivity contribution in [1.29, 1.82) is 0 Å². The zero-order valence-corrected chi connectivity index (χ0v) is 16.3. The molecule has 0 N–H and O–H groups in total. The van der Waals surface area contributed by atoms with Gasteiger partial charge in [-0.05, 0) is 60.7 Å². The number of aryl methyl sites for hydroxylation is 1. The lowest BCUT2D eigenvalue weighted by Crippen LogP contribution is -2.25. The fourth-order valence-corrected chi connectivity index (χ4v) is 3.58. The van der Waals surface area contributed by atoms with Gasteiger partial charge in [-0.15, -0.1) is 0 Å². The number of halogens is 1. The Morgan fingerprint density at radius 2 is 1.89 bits per heavy atom. The van der Waals surface area contributed by atoms with Crippen molar-refractivity contribution in [1.82, 2.24) is 4.90 Å². The Balaban J connectivity index is 1.65. The summed E-state index contributed by atoms with van der Waals surface area (Å²) in [5, 5.41) is 1.59. The van der Waals surface area contributed by atoms with Crippen LogP contribution in [0.4, 0.5) is 0 Å². The van der Waals surface area contributed by atoms with Gasteiger partial charge < -0.3 is 9.15 Å². The molecule has 2 aromatic carbocycles. The summed E-state index contributed by atoms with van der Waals surface area (Å²) in [5.74, 6) is 0.855. The molecule has 0 saturated heterocycles. The van der Waals surface area contributed by atoms with Crippen LogP contribution in [0.15, 0.2) is 51.7 Å². The van der Waals surface area contributed by atoms with Crippen LogP contribution in [0.2, 0.25) is 5.02 Å². The maximum absolute atomic E-state index is 12.1. The Bertz CT molecular complexity index is 1020. The van der Waals surface area contributed by atoms with Crippen molar-refractivity contribution >= 4 is 22.6 Å². The van der Waals surface area contributed by atoms with Crippen molar-refractivity contribution in [3.8, 4) is 5.75 Å². The number of hydrogen-bond acceptors (Lipinski definition) is 4. The first-order chi connectivity index (χ1) is 13.0. The molecule has 0 atom stereocenters. The van der Waals surface area contributed by atoms with Crippen molar-refractivity contribution in [3.63, 3.8) is 0 Å². The van der Waals surface area contributed by atoms with E-state index in [4.69, 9.17) is 20.8 Å². The lowest BCUT2D eigenvalue weighted by molar-refractivity contribution is 0.246. The van der Waals surface area contributed by atoms with Crippen molar-refractivity contribution < 1.29 is 9.15 Å². The van der Waals surface area contributed by atoms with E-state index < -0.39 is 0 Å². The number of hydrogen-bond donors (Lipinski definition) is 0. The third kappa shape index (κ3) is 4.02. The van der Waals surface area contributed by atoms with Crippen molar-refractivity contribution in [2.75, 3.05) is 7.11 Å². The molecular weight excluding hydrogens is 362 g/mol. The summed E-state index contributed by atoms with van der Waals surface area (Å²) in [5.41, 5.74) is 3.37. The first-order valence-corrected chi connectivity index (χ1v) is 9.51. The quantitative estimate of drug-likeness (QED) is 0.566. The summed E-state index contributed by atoms with van der Waals surface area (Å²) in [7, 11) is 1.67. The second-order valence-electron chi connectivity index (χ2n) is 7.17. The standard InChI is InChI=1S/C22H22ClNO3/c1-14-9-21-19(11-20(14)23)16(10-22(25)27-21)13-24(17-5-6-17)12-15-3-7-18(26-2)8-4-15/h3-4,7-11,17H,5-6,12-13H2,1-2H3. The molecule has 0 amide bonds. The molecule has 1 aliphatic rings. The van der Waals surface area contributed by atoms with E-state index >= 15 is 0 Å². The van der Waals surface area contributed by atoms with Gasteiger partial charge in [-0.25, -0.2) is 4.79 Å². The molecular formula is C22H22ClNO3. The highest BCUT2D eigenvalue weighted by Crippen LogP contribution is 2.32. The predicted molar refractivity (Wildman–Crippen MR) is 107 cm³/mol. The van der Waals surface area contributed by atoms with Gasteiger partial charge in [0.2, 0.25) is 0 Å². The van der Waals surface area contributed by atoms with Crippen LogP contribution in [0, 0.1) is 6.92 Å². The van der Waals surface area contributed by atoms with Crippen LogP contribution in [0.1, 0.15) is 29.5 Å². The van der Waals surface area contributed by atoms with E-state index in [1.54, 1.807) is 13.2 Å². The van der Waals surface area contributed by atoms with Gasteiger partial charge in [0.05, 0.1) is 7.11 Å². The Morgan fingerprint density at radius 3 is 2.56 bits per heavy atom. The molecule has 1 heterocycles. The Labute approximate surface area is 163 Å². The highest BCUT2D eigenvalue weighted by Gasteiger charge is 2.29. The minimum atomic E-state index is -0.320. The van der Waals surface area contributed by atoms with Gasteiger partial charge in [-0.1, -0.05) is 23.7 Å². The summed E-state index contributed by atoms with van der Waals surface area (Å²) in [4.78, 5) is 14.5. The van der Waals surface area contributed by atoms with Gasteiger partial charge in [0, 0.05) is 35.6 Å². The monoisotopic (exact) mass is 383 g/mol. The molecule has 3 aromatic rings. The zero-order chi connectivity index (χ0) is 19.0. The predicted octanol–water partition coefficient (Wildman–Crippen LogP) is 4.93. The number of rotatable bonds is 6. The lowest BCUT2D eigenvalue weighted by Gasteiger charge is -2.23. The topological polar surface area (TPSA) is 42.7 Å². The summed E-state index contributed by atoms with van der Waals surface area (Å²) in [6.45, 7) is 3.43. The molecule has 1 aromatic heterocycles. The van der Waals surface area contributed by atoms with E-state index in [0.717, 1.165) is 28.8 Å². The van der Waals surface area contributed by atoms with Crippen molar-refractivity contribution in [3.05, 3.63) is 74.6 Å². The number of benzene rings is 2. The van der Waals surface area contributed by atoms with Crippen LogP contribution in [0.5, 0.6) is 5.75 Å². The highest BCUT2D eigenvalue weighted by molar-refractivity contribution is 6.32. The summed E-state index contributed by atoms with van der Waals surface area (Å²) in [6.07, 6.45) is 2.38. The van der Waals surface area contributed by atoms with Crippen LogP contribution in [0.25, 0.3) is 11.0 Å². The first kappa shape index (κ1) is 18.1. The van der Waals surface area contributed by atoms with Crippen LogP contribution < -0.4 is 10.4 Å². The molecule has 1 aliphatic carbocycles. The van der Waals surface area contributed by atoms with E-state index in [1.807, 2.05) is 31.2 Å². The first-order valence-electron chi connectivity index (χ1n) is 9.13. The Hall–Kier alpha value is -2.30. The summed E-state index contributed by atoms with van der Waals surface area (Å²) in [6, 6.07) is 14.0. The lowest BCUT2D eigenvalue weighted by atomic mass is 10.1. The minimum Gasteiger partial charge on any atom is -0.497 e. The van der Waals surface area contributed by atoms with E-state index in [0.29, 0.717) is 23.2 Å². The molecule has 0 spiro atoms. The average Bonchev–Trinajstić information content (AvgIpc) is 3.48. The maximum atomic E-state index is 12.1. The van der Waals surface area contributed by atoms with E-state index in [1.165, 1.54) is 18.4 Å². The number of fused-ring (bicyclic) bond motifs is 1. The van der Waals surface area contributed by atoms with E-state index in [-0.39, 0.29) is 5.63 Å². The number of methoxy groups -OCH3 is 1. The number of nitrogens with zero attached hydrogens (tertiary/aromatic N) is 1. The third-order valence-electron chi connectivity index (χ3n) is 5.09. The van der Waals surface area contributed by atoms with Crippen molar-refractivity contribution in [2.45, 2.75) is 38.9 Å². The fourth-order valence-electron chi connectivity index (χ4n) is 3.42. The van der Waals surface area contributed by atoms with Crippen LogP contribution in [0.3, 0.4) is 0 Å². The largest absolute Gasteiger partial charge is 0.497 e. The minimum absolute atomic E-state index is 0.320. The van der Waals surface area contributed by atoms with Gasteiger partial charge in [0.1, 0.15) is 11.3 Å². The van der Waals surface area contributed by atoms with Gasteiger partial charge >= 0.3 is 5.63 Å². The molecule has 0 bridgehead atoms. The Morgan fingerprint density at radius 1 is 1.15 bits per heavy atom. The third-order valence-corrected chi connectivity index (χ3v) is 5.50. The molecule has 0 radical (unpaired) electrons. The molecule has 0 aliphatic heterocycles. The molecule has 1 fully saturated rings. The molecule has 4 rings (SSSR count). The van der Waals surface area contributed by atoms with Crippen LogP contribution in [-0.2, 0) is 13.1 Å². The molecule has 27 heavy (non-hydrogen) atoms. The van der Waals surface area contributed by atoms with Crippen LogP contribution >= 0.6 is 11.6 Å². The van der Waals surface area contributed by atoms with E-state index in [9.17, 15) is 4.79 Å². The average molecular weight is 384 g/mol. The second kappa shape index (κ2) is 7.37. The Kier molecular flexibility index (Phi) is 4.94. The van der Waals surface area contributed by atoms with E-state index in [2.05, 4.69) is 17.0 Å². The maximum Gasteiger partial charge on any atom is 0.336 e. The van der Waals surface area contributed by atoms with Gasteiger partial charge in [-0.3, -0.25) is 4.90 Å². The van der Waals surface area contributed by atoms with Gasteiger partial charge in [0.25, 0.3) is 0 Å². The molecule has 1 saturated carbocycles. The normalized spacial score (nSPS) is 14.1. The number of ether oxygens (including phenoxy) is 1. The molecule has 4 nitrogen and oxygen atoms in total. The molecule has 5 heteroatoms. The highest BCUT2D eigenvalue weighted by atomic mass is 35.5. The van der Waals surface area contributed by atoms with Crippen LogP contribution in [-0.4, -0.2) is 18.1 Å². The molecule has 0 unspecified atom stereocenters. The second-order valence-corrected chi connectivity index (χ2v) is 7.58. The molecule has 140 valence electrons. The smallest absolute Gasteiger partial charge is 0.336 e. The SMILES string of the molecule is COc1ccc(CN(Cc2cc(=O)oc3cc(C)c(Cl)cc23)C2CC2)cc1. The van der Waals surface area contributed by atoms with Gasteiger partial charge in [0.15, 0.2) is 0 Å². The van der Waals surface area contributed by atoms with Crippen molar-refractivity contribution in [2.24, 2.45) is 0 Å². The fraction of sp³-hybridized carbons (Fsp3) is 0.318. The summed E-state index contributed by atoms with van der Waals surface area (Å²) >= 11 is 6.32.